The summed E-state index contributed by atoms with van der Waals surface area (Å²) in [5.74, 6) is 0. The molecule has 0 radical (unpaired) electrons. The maximum atomic E-state index is 12.2. The lowest BCUT2D eigenvalue weighted by Gasteiger charge is -2.32. The first-order valence-electron chi connectivity index (χ1n) is 7.92. The fourth-order valence-electron chi connectivity index (χ4n) is 2.78. The number of hydrogen-bond donors (Lipinski definition) is 1. The number of ether oxygens (including phenoxy) is 1. The number of aliphatic hydroxyl groups is 1. The van der Waals surface area contributed by atoms with Crippen LogP contribution < -0.4 is 0 Å². The summed E-state index contributed by atoms with van der Waals surface area (Å²) in [5, 5.41) is 10.0. The molecule has 0 aliphatic carbocycles. The predicted molar refractivity (Wildman–Crippen MR) is 85.5 cm³/mol. The van der Waals surface area contributed by atoms with E-state index in [0.29, 0.717) is 6.54 Å². The van der Waals surface area contributed by atoms with E-state index in [-0.39, 0.29) is 12.6 Å². The number of aliphatic hydroxyl groups excluding tert-OH is 1. The first-order valence-corrected chi connectivity index (χ1v) is 7.92. The number of likely N-dealkylation sites (N-methyl/N-ethyl adjacent to an activating group) is 1. The predicted octanol–water partition coefficient (Wildman–Crippen LogP) is 2.10. The first-order chi connectivity index (χ1) is 10.6. The summed E-state index contributed by atoms with van der Waals surface area (Å²) in [6.07, 6.45) is 1.40. The number of benzene rings is 1. The maximum Gasteiger partial charge on any atom is 0.410 e. The number of rotatable bonds is 6. The average molecular weight is 306 g/mol. The van der Waals surface area contributed by atoms with Gasteiger partial charge < -0.3 is 19.6 Å². The Bertz CT molecular complexity index is 458. The second-order valence-corrected chi connectivity index (χ2v) is 5.97. The molecule has 1 amide bonds. The zero-order chi connectivity index (χ0) is 15.9. The minimum atomic E-state index is -0.588. The molecule has 5 heteroatoms. The largest absolute Gasteiger partial charge is 0.445 e. The standard InChI is InChI=1S/C17H26N2O3/c1-14(20)16(12-19-10-6-7-11-19)18(2)17(21)22-13-15-8-4-3-5-9-15/h3-5,8-9,14,16,20H,6-7,10-13H2,1-2H3/t14-,16+/m0/s1. The number of nitrogens with zero attached hydrogens (tertiary/aromatic N) is 2. The molecule has 0 saturated carbocycles. The van der Waals surface area contributed by atoms with Gasteiger partial charge in [0.25, 0.3) is 0 Å². The minimum Gasteiger partial charge on any atom is -0.445 e. The molecule has 0 spiro atoms. The van der Waals surface area contributed by atoms with Gasteiger partial charge in [-0.1, -0.05) is 30.3 Å². The highest BCUT2D eigenvalue weighted by molar-refractivity contribution is 5.67. The Morgan fingerprint density at radius 3 is 2.55 bits per heavy atom. The third kappa shape index (κ3) is 4.71. The maximum absolute atomic E-state index is 12.2. The van der Waals surface area contributed by atoms with Crippen LogP contribution in [0.5, 0.6) is 0 Å². The van der Waals surface area contributed by atoms with Gasteiger partial charge in [-0.2, -0.15) is 0 Å². The van der Waals surface area contributed by atoms with E-state index in [9.17, 15) is 9.90 Å². The highest BCUT2D eigenvalue weighted by atomic mass is 16.6. The number of amides is 1. The molecule has 0 unspecified atom stereocenters. The van der Waals surface area contributed by atoms with Crippen LogP contribution in [0.2, 0.25) is 0 Å². The quantitative estimate of drug-likeness (QED) is 0.874. The van der Waals surface area contributed by atoms with Crippen molar-refractivity contribution in [3.8, 4) is 0 Å². The molecule has 1 fully saturated rings. The van der Waals surface area contributed by atoms with E-state index in [4.69, 9.17) is 4.74 Å². The Hall–Kier alpha value is -1.59. The van der Waals surface area contributed by atoms with Crippen LogP contribution in [0.1, 0.15) is 25.3 Å². The van der Waals surface area contributed by atoms with E-state index in [1.165, 1.54) is 17.7 Å². The molecule has 1 aromatic carbocycles. The minimum absolute atomic E-state index is 0.249. The lowest BCUT2D eigenvalue weighted by molar-refractivity contribution is 0.0366. The summed E-state index contributed by atoms with van der Waals surface area (Å²) in [5.41, 5.74) is 0.956. The van der Waals surface area contributed by atoms with Gasteiger partial charge in [-0.25, -0.2) is 4.79 Å². The molecule has 0 bridgehead atoms. The number of hydrogen-bond acceptors (Lipinski definition) is 4. The van der Waals surface area contributed by atoms with Crippen LogP contribution in [0.4, 0.5) is 4.79 Å². The van der Waals surface area contributed by atoms with Crippen LogP contribution >= 0.6 is 0 Å². The Balaban J connectivity index is 1.88. The van der Waals surface area contributed by atoms with Crippen LogP contribution in [-0.2, 0) is 11.3 Å². The normalized spacial score (nSPS) is 18.0. The molecule has 1 aliphatic heterocycles. The van der Waals surface area contributed by atoms with Gasteiger partial charge >= 0.3 is 6.09 Å². The zero-order valence-corrected chi connectivity index (χ0v) is 13.4. The van der Waals surface area contributed by atoms with Crippen LogP contribution in [0.25, 0.3) is 0 Å². The number of carbonyl (C=O) groups is 1. The first kappa shape index (κ1) is 16.8. The number of carbonyl (C=O) groups excluding carboxylic acids is 1. The SMILES string of the molecule is C[C@H](O)[C@@H](CN1CCCC1)N(C)C(=O)OCc1ccccc1. The van der Waals surface area contributed by atoms with E-state index in [1.807, 2.05) is 30.3 Å². The Morgan fingerprint density at radius 1 is 1.32 bits per heavy atom. The summed E-state index contributed by atoms with van der Waals surface area (Å²) >= 11 is 0. The van der Waals surface area contributed by atoms with Crippen molar-refractivity contribution in [1.29, 1.82) is 0 Å². The van der Waals surface area contributed by atoms with Gasteiger partial charge in [-0.05, 0) is 38.4 Å². The Kier molecular flexibility index (Phi) is 6.21. The molecule has 0 aromatic heterocycles. The average Bonchev–Trinajstić information content (AvgIpc) is 3.03. The molecule has 1 saturated heterocycles. The molecule has 1 aromatic rings. The molecule has 22 heavy (non-hydrogen) atoms. The van der Waals surface area contributed by atoms with Crippen LogP contribution in [0.3, 0.4) is 0 Å². The van der Waals surface area contributed by atoms with Crippen molar-refractivity contribution in [2.75, 3.05) is 26.7 Å². The third-order valence-electron chi connectivity index (χ3n) is 4.19. The number of likely N-dealkylation sites (tertiary alicyclic amines) is 1. The van der Waals surface area contributed by atoms with E-state index >= 15 is 0 Å². The zero-order valence-electron chi connectivity index (χ0n) is 13.4. The second-order valence-electron chi connectivity index (χ2n) is 5.97. The molecule has 1 N–H and O–H groups in total. The fourth-order valence-corrected chi connectivity index (χ4v) is 2.78. The third-order valence-corrected chi connectivity index (χ3v) is 4.19. The van der Waals surface area contributed by atoms with E-state index < -0.39 is 12.2 Å². The van der Waals surface area contributed by atoms with Gasteiger partial charge in [0.1, 0.15) is 6.61 Å². The van der Waals surface area contributed by atoms with Crippen LogP contribution in [-0.4, -0.2) is 59.8 Å². The van der Waals surface area contributed by atoms with Crippen LogP contribution in [0.15, 0.2) is 30.3 Å². The lowest BCUT2D eigenvalue weighted by Crippen LogP contribution is -2.50. The van der Waals surface area contributed by atoms with Crippen molar-refractivity contribution in [1.82, 2.24) is 9.80 Å². The Morgan fingerprint density at radius 2 is 1.95 bits per heavy atom. The van der Waals surface area contributed by atoms with E-state index in [1.54, 1.807) is 14.0 Å². The van der Waals surface area contributed by atoms with Crippen molar-refractivity contribution in [3.05, 3.63) is 35.9 Å². The van der Waals surface area contributed by atoms with Crippen LogP contribution in [0, 0.1) is 0 Å². The van der Waals surface area contributed by atoms with E-state index in [2.05, 4.69) is 4.90 Å². The smallest absolute Gasteiger partial charge is 0.410 e. The van der Waals surface area contributed by atoms with Gasteiger partial charge in [0.2, 0.25) is 0 Å². The van der Waals surface area contributed by atoms with Crippen molar-refractivity contribution in [2.45, 2.75) is 38.5 Å². The monoisotopic (exact) mass is 306 g/mol. The molecule has 2 rings (SSSR count). The van der Waals surface area contributed by atoms with Crippen molar-refractivity contribution >= 4 is 6.09 Å². The molecule has 5 nitrogen and oxygen atoms in total. The van der Waals surface area contributed by atoms with Crippen molar-refractivity contribution < 1.29 is 14.6 Å². The van der Waals surface area contributed by atoms with Gasteiger partial charge in [0.15, 0.2) is 0 Å². The van der Waals surface area contributed by atoms with Gasteiger partial charge in [-0.15, -0.1) is 0 Å². The molecule has 1 aliphatic rings. The molecule has 2 atom stereocenters. The molecular formula is C17H26N2O3. The van der Waals surface area contributed by atoms with Crippen molar-refractivity contribution in [2.24, 2.45) is 0 Å². The van der Waals surface area contributed by atoms with Gasteiger partial charge in [-0.3, -0.25) is 0 Å². The highest BCUT2D eigenvalue weighted by Crippen LogP contribution is 2.13. The topological polar surface area (TPSA) is 53.0 Å². The Labute approximate surface area is 132 Å². The van der Waals surface area contributed by atoms with Gasteiger partial charge in [0, 0.05) is 13.6 Å². The summed E-state index contributed by atoms with van der Waals surface area (Å²) in [7, 11) is 1.70. The lowest BCUT2D eigenvalue weighted by atomic mass is 10.1. The fraction of sp³-hybridized carbons (Fsp3) is 0.588. The summed E-state index contributed by atoms with van der Waals surface area (Å²) in [6.45, 7) is 4.74. The second kappa shape index (κ2) is 8.15. The van der Waals surface area contributed by atoms with Crippen molar-refractivity contribution in [3.63, 3.8) is 0 Å². The molecule has 1 heterocycles. The summed E-state index contributed by atoms with van der Waals surface area (Å²) in [4.78, 5) is 16.0. The highest BCUT2D eigenvalue weighted by Gasteiger charge is 2.28. The van der Waals surface area contributed by atoms with E-state index in [0.717, 1.165) is 18.7 Å². The summed E-state index contributed by atoms with van der Waals surface area (Å²) in [6, 6.07) is 9.35. The molecular weight excluding hydrogens is 280 g/mol. The van der Waals surface area contributed by atoms with Gasteiger partial charge in [0.05, 0.1) is 12.1 Å². The summed E-state index contributed by atoms with van der Waals surface area (Å²) < 4.78 is 5.34. The molecule has 122 valence electrons.